The number of hydrogen-bond acceptors (Lipinski definition) is 5. The SMILES string of the molecule is Cc1nnc(C(C)C)n1N1CCN(CC[C@H](NC(=O)C2CCCCC2)c2ccccc2)CC1. The Morgan fingerprint density at radius 1 is 1.03 bits per heavy atom. The lowest BCUT2D eigenvalue weighted by atomic mass is 9.88. The molecule has 7 heteroatoms. The van der Waals surface area contributed by atoms with Crippen LogP contribution in [0.1, 0.15) is 81.5 Å². The summed E-state index contributed by atoms with van der Waals surface area (Å²) < 4.78 is 2.21. The molecule has 1 N–H and O–H groups in total. The highest BCUT2D eigenvalue weighted by Gasteiger charge is 2.26. The number of aromatic nitrogens is 3. The molecule has 2 heterocycles. The van der Waals surface area contributed by atoms with E-state index >= 15 is 0 Å². The number of carbonyl (C=O) groups excluding carboxylic acids is 1. The van der Waals surface area contributed by atoms with Gasteiger partial charge in [0.2, 0.25) is 5.91 Å². The zero-order valence-corrected chi connectivity index (χ0v) is 20.5. The summed E-state index contributed by atoms with van der Waals surface area (Å²) in [5, 5.41) is 14.5. The van der Waals surface area contributed by atoms with Crippen molar-refractivity contribution in [1.82, 2.24) is 25.1 Å². The lowest BCUT2D eigenvalue weighted by Crippen LogP contribution is -2.52. The highest BCUT2D eigenvalue weighted by atomic mass is 16.1. The van der Waals surface area contributed by atoms with Gasteiger partial charge in [-0.2, -0.15) is 0 Å². The maximum Gasteiger partial charge on any atom is 0.223 e. The molecular formula is C26H40N6O. The highest BCUT2D eigenvalue weighted by Crippen LogP contribution is 2.26. The zero-order chi connectivity index (χ0) is 23.2. The quantitative estimate of drug-likeness (QED) is 0.660. The minimum Gasteiger partial charge on any atom is -0.349 e. The Morgan fingerprint density at radius 2 is 1.73 bits per heavy atom. The van der Waals surface area contributed by atoms with Crippen molar-refractivity contribution in [1.29, 1.82) is 0 Å². The molecule has 7 nitrogen and oxygen atoms in total. The Morgan fingerprint density at radius 3 is 2.39 bits per heavy atom. The van der Waals surface area contributed by atoms with Crippen LogP contribution in [-0.4, -0.2) is 58.4 Å². The fourth-order valence-corrected chi connectivity index (χ4v) is 5.22. The monoisotopic (exact) mass is 452 g/mol. The highest BCUT2D eigenvalue weighted by molar-refractivity contribution is 5.79. The number of piperazine rings is 1. The van der Waals surface area contributed by atoms with Gasteiger partial charge in [0.05, 0.1) is 6.04 Å². The van der Waals surface area contributed by atoms with Crippen LogP contribution in [-0.2, 0) is 4.79 Å². The summed E-state index contributed by atoms with van der Waals surface area (Å²) in [5.41, 5.74) is 1.21. The Hall–Kier alpha value is -2.41. The second kappa shape index (κ2) is 11.1. The Labute approximate surface area is 198 Å². The number of amides is 1. The second-order valence-corrected chi connectivity index (χ2v) is 9.96. The molecule has 1 atom stereocenters. The Kier molecular flexibility index (Phi) is 8.02. The molecule has 0 radical (unpaired) electrons. The third kappa shape index (κ3) is 5.94. The summed E-state index contributed by atoms with van der Waals surface area (Å²) in [6.07, 6.45) is 6.65. The van der Waals surface area contributed by atoms with Crippen LogP contribution in [0.25, 0.3) is 0 Å². The third-order valence-electron chi connectivity index (χ3n) is 7.20. The van der Waals surface area contributed by atoms with E-state index < -0.39 is 0 Å². The predicted molar refractivity (Wildman–Crippen MR) is 132 cm³/mol. The number of aryl methyl sites for hydroxylation is 1. The largest absolute Gasteiger partial charge is 0.349 e. The molecule has 2 fully saturated rings. The minimum atomic E-state index is 0.0753. The van der Waals surface area contributed by atoms with E-state index in [1.54, 1.807) is 0 Å². The molecule has 1 saturated heterocycles. The van der Waals surface area contributed by atoms with Gasteiger partial charge in [0.25, 0.3) is 0 Å². The van der Waals surface area contributed by atoms with Gasteiger partial charge in [-0.3, -0.25) is 9.69 Å². The van der Waals surface area contributed by atoms with Gasteiger partial charge in [0.1, 0.15) is 5.82 Å². The number of nitrogens with zero attached hydrogens (tertiary/aromatic N) is 5. The van der Waals surface area contributed by atoms with E-state index in [2.05, 4.69) is 68.2 Å². The summed E-state index contributed by atoms with van der Waals surface area (Å²) in [7, 11) is 0. The molecule has 1 aliphatic heterocycles. The summed E-state index contributed by atoms with van der Waals surface area (Å²) >= 11 is 0. The standard InChI is InChI=1S/C26H40N6O/c1-20(2)25-29-28-21(3)32(25)31-18-16-30(17-19-31)15-14-24(22-10-6-4-7-11-22)27-26(33)23-12-8-5-9-13-23/h4,6-7,10-11,20,23-24H,5,8-9,12-19H2,1-3H3,(H,27,33)/t24-/m0/s1. The van der Waals surface area contributed by atoms with Crippen molar-refractivity contribution in [2.24, 2.45) is 5.92 Å². The summed E-state index contributed by atoms with van der Waals surface area (Å²) in [5.74, 6) is 2.79. The fraction of sp³-hybridized carbons (Fsp3) is 0.654. The second-order valence-electron chi connectivity index (χ2n) is 9.96. The maximum absolute atomic E-state index is 13.0. The lowest BCUT2D eigenvalue weighted by molar-refractivity contribution is -0.126. The number of hydrogen-bond donors (Lipinski definition) is 1. The predicted octanol–water partition coefficient (Wildman–Crippen LogP) is 3.79. The van der Waals surface area contributed by atoms with E-state index in [1.807, 2.05) is 13.0 Å². The molecule has 1 aromatic heterocycles. The van der Waals surface area contributed by atoms with Crippen molar-refractivity contribution in [3.8, 4) is 0 Å². The molecule has 0 unspecified atom stereocenters. The number of nitrogens with one attached hydrogen (secondary N) is 1. The third-order valence-corrected chi connectivity index (χ3v) is 7.20. The first-order chi connectivity index (χ1) is 16.0. The van der Waals surface area contributed by atoms with Crippen LogP contribution < -0.4 is 10.3 Å². The number of benzene rings is 1. The van der Waals surface area contributed by atoms with Crippen LogP contribution in [0.4, 0.5) is 0 Å². The van der Waals surface area contributed by atoms with Crippen LogP contribution in [0.2, 0.25) is 0 Å². The minimum absolute atomic E-state index is 0.0753. The van der Waals surface area contributed by atoms with Gasteiger partial charge in [0.15, 0.2) is 5.82 Å². The smallest absolute Gasteiger partial charge is 0.223 e. The number of rotatable bonds is 8. The van der Waals surface area contributed by atoms with Gasteiger partial charge in [-0.25, -0.2) is 4.68 Å². The van der Waals surface area contributed by atoms with Crippen molar-refractivity contribution in [3.63, 3.8) is 0 Å². The van der Waals surface area contributed by atoms with Crippen LogP contribution in [0, 0.1) is 12.8 Å². The topological polar surface area (TPSA) is 66.3 Å². The molecule has 0 spiro atoms. The van der Waals surface area contributed by atoms with Gasteiger partial charge >= 0.3 is 0 Å². The van der Waals surface area contributed by atoms with Crippen LogP contribution >= 0.6 is 0 Å². The van der Waals surface area contributed by atoms with Crippen molar-refractivity contribution in [3.05, 3.63) is 47.5 Å². The van der Waals surface area contributed by atoms with Crippen LogP contribution in [0.5, 0.6) is 0 Å². The number of carbonyl (C=O) groups is 1. The first-order valence-corrected chi connectivity index (χ1v) is 12.8. The summed E-state index contributed by atoms with van der Waals surface area (Å²) in [4.78, 5) is 15.5. The summed E-state index contributed by atoms with van der Waals surface area (Å²) in [6, 6.07) is 10.5. The van der Waals surface area contributed by atoms with Gasteiger partial charge in [0, 0.05) is 44.6 Å². The van der Waals surface area contributed by atoms with E-state index in [4.69, 9.17) is 0 Å². The molecule has 1 aliphatic carbocycles. The van der Waals surface area contributed by atoms with Gasteiger partial charge < -0.3 is 10.3 Å². The first kappa shape index (κ1) is 23.7. The average molecular weight is 453 g/mol. The maximum atomic E-state index is 13.0. The van der Waals surface area contributed by atoms with E-state index in [0.717, 1.165) is 63.6 Å². The van der Waals surface area contributed by atoms with E-state index in [0.29, 0.717) is 5.92 Å². The molecular weight excluding hydrogens is 412 g/mol. The van der Waals surface area contributed by atoms with E-state index in [1.165, 1.54) is 24.8 Å². The van der Waals surface area contributed by atoms with Crippen molar-refractivity contribution >= 4 is 5.91 Å². The van der Waals surface area contributed by atoms with Gasteiger partial charge in [-0.05, 0) is 31.7 Å². The van der Waals surface area contributed by atoms with Crippen molar-refractivity contribution in [2.45, 2.75) is 71.3 Å². The molecule has 2 aliphatic rings. The van der Waals surface area contributed by atoms with E-state index in [-0.39, 0.29) is 17.9 Å². The molecule has 0 bridgehead atoms. The van der Waals surface area contributed by atoms with Crippen molar-refractivity contribution < 1.29 is 4.79 Å². The first-order valence-electron chi connectivity index (χ1n) is 12.8. The van der Waals surface area contributed by atoms with Crippen LogP contribution in [0.3, 0.4) is 0 Å². The van der Waals surface area contributed by atoms with Crippen LogP contribution in [0.15, 0.2) is 30.3 Å². The molecule has 1 aromatic carbocycles. The molecule has 180 valence electrons. The zero-order valence-electron chi connectivity index (χ0n) is 20.5. The fourth-order valence-electron chi connectivity index (χ4n) is 5.22. The van der Waals surface area contributed by atoms with Gasteiger partial charge in [-0.15, -0.1) is 10.2 Å². The average Bonchev–Trinajstić information content (AvgIpc) is 3.24. The van der Waals surface area contributed by atoms with Gasteiger partial charge in [-0.1, -0.05) is 63.4 Å². The van der Waals surface area contributed by atoms with E-state index in [9.17, 15) is 4.79 Å². The van der Waals surface area contributed by atoms with Crippen molar-refractivity contribution in [2.75, 3.05) is 37.7 Å². The lowest BCUT2D eigenvalue weighted by Gasteiger charge is -2.38. The normalized spacial score (nSPS) is 19.1. The molecule has 1 amide bonds. The molecule has 1 saturated carbocycles. The summed E-state index contributed by atoms with van der Waals surface area (Å²) in [6.45, 7) is 11.3. The Balaban J connectivity index is 1.34. The molecule has 2 aromatic rings. The Bertz CT molecular complexity index is 881. The molecule has 4 rings (SSSR count). The molecule has 33 heavy (non-hydrogen) atoms.